The van der Waals surface area contributed by atoms with Crippen molar-refractivity contribution in [3.8, 4) is 11.5 Å². The molecule has 4 nitrogen and oxygen atoms in total. The number of benzene rings is 2. The van der Waals surface area contributed by atoms with E-state index in [4.69, 9.17) is 37.1 Å². The van der Waals surface area contributed by atoms with Crippen molar-refractivity contribution >= 4 is 34.2 Å². The zero-order chi connectivity index (χ0) is 17.1. The van der Waals surface area contributed by atoms with Crippen LogP contribution in [0.15, 0.2) is 51.7 Å². The van der Waals surface area contributed by atoms with Gasteiger partial charge in [0.1, 0.15) is 30.3 Å². The predicted octanol–water partition coefficient (Wildman–Crippen LogP) is 4.87. The number of aryl methyl sites for hydroxylation is 1. The highest BCUT2D eigenvalue weighted by atomic mass is 35.5. The molecule has 0 spiro atoms. The van der Waals surface area contributed by atoms with Crippen LogP contribution in [0.2, 0.25) is 10.0 Å². The number of ether oxygens (including phenoxy) is 2. The second-order valence-corrected chi connectivity index (χ2v) is 6.02. The molecule has 0 aliphatic heterocycles. The molecule has 0 saturated carbocycles. The summed E-state index contributed by atoms with van der Waals surface area (Å²) in [6.45, 7) is 2.47. The highest BCUT2D eigenvalue weighted by molar-refractivity contribution is 6.32. The Hall–Kier alpha value is -2.17. The largest absolute Gasteiger partial charge is 0.490 e. The van der Waals surface area contributed by atoms with Crippen LogP contribution >= 0.6 is 23.2 Å². The van der Waals surface area contributed by atoms with Crippen LogP contribution in [0.3, 0.4) is 0 Å². The van der Waals surface area contributed by atoms with E-state index in [1.807, 2.05) is 6.92 Å². The van der Waals surface area contributed by atoms with Crippen LogP contribution in [0.25, 0.3) is 11.0 Å². The number of rotatable bonds is 5. The van der Waals surface area contributed by atoms with E-state index in [9.17, 15) is 4.79 Å². The fourth-order valence-corrected chi connectivity index (χ4v) is 2.62. The molecule has 0 atom stereocenters. The van der Waals surface area contributed by atoms with E-state index >= 15 is 0 Å². The Kier molecular flexibility index (Phi) is 4.97. The summed E-state index contributed by atoms with van der Waals surface area (Å²) in [5.41, 5.74) is 0.845. The highest BCUT2D eigenvalue weighted by Gasteiger charge is 2.09. The first-order valence-corrected chi connectivity index (χ1v) is 8.04. The third kappa shape index (κ3) is 3.83. The van der Waals surface area contributed by atoms with Gasteiger partial charge in [-0.15, -0.1) is 0 Å². The molecule has 0 N–H and O–H groups in total. The van der Waals surface area contributed by atoms with Gasteiger partial charge in [0.25, 0.3) is 0 Å². The summed E-state index contributed by atoms with van der Waals surface area (Å²) < 4.78 is 16.4. The van der Waals surface area contributed by atoms with Gasteiger partial charge in [-0.1, -0.05) is 23.2 Å². The van der Waals surface area contributed by atoms with Crippen LogP contribution in [0.5, 0.6) is 11.5 Å². The van der Waals surface area contributed by atoms with E-state index in [0.717, 1.165) is 10.9 Å². The summed E-state index contributed by atoms with van der Waals surface area (Å²) in [4.78, 5) is 11.5. The molecule has 0 aliphatic rings. The SMILES string of the molecule is Cc1cc(=O)oc2cc(OCCOc3ccc(Cl)cc3)c(Cl)cc12. The molecule has 24 heavy (non-hydrogen) atoms. The summed E-state index contributed by atoms with van der Waals surface area (Å²) in [7, 11) is 0. The zero-order valence-electron chi connectivity index (χ0n) is 12.8. The molecule has 124 valence electrons. The molecule has 6 heteroatoms. The van der Waals surface area contributed by atoms with Crippen molar-refractivity contribution < 1.29 is 13.9 Å². The number of fused-ring (bicyclic) bond motifs is 1. The lowest BCUT2D eigenvalue weighted by Crippen LogP contribution is -2.09. The fourth-order valence-electron chi connectivity index (χ4n) is 2.27. The summed E-state index contributed by atoms with van der Waals surface area (Å²) in [5.74, 6) is 1.15. The van der Waals surface area contributed by atoms with E-state index in [0.29, 0.717) is 40.3 Å². The van der Waals surface area contributed by atoms with Gasteiger partial charge in [-0.05, 0) is 42.8 Å². The monoisotopic (exact) mass is 364 g/mol. The minimum absolute atomic E-state index is 0.296. The fraction of sp³-hybridized carbons (Fsp3) is 0.167. The zero-order valence-corrected chi connectivity index (χ0v) is 14.4. The standard InChI is InChI=1S/C18H14Cl2O4/c1-11-8-18(21)24-16-10-17(15(20)9-14(11)16)23-7-6-22-13-4-2-12(19)3-5-13/h2-5,8-10H,6-7H2,1H3. The van der Waals surface area contributed by atoms with Gasteiger partial charge in [0, 0.05) is 22.5 Å². The quantitative estimate of drug-likeness (QED) is 0.478. The second kappa shape index (κ2) is 7.16. The van der Waals surface area contributed by atoms with Crippen molar-refractivity contribution in [1.29, 1.82) is 0 Å². The van der Waals surface area contributed by atoms with Gasteiger partial charge in [0.05, 0.1) is 5.02 Å². The first-order chi connectivity index (χ1) is 11.5. The summed E-state index contributed by atoms with van der Waals surface area (Å²) in [6, 6.07) is 11.8. The Morgan fingerprint density at radius 2 is 1.71 bits per heavy atom. The lowest BCUT2D eigenvalue weighted by Gasteiger charge is -2.11. The van der Waals surface area contributed by atoms with Crippen LogP contribution < -0.4 is 15.1 Å². The van der Waals surface area contributed by atoms with E-state index in [1.54, 1.807) is 36.4 Å². The van der Waals surface area contributed by atoms with Crippen LogP contribution in [0.4, 0.5) is 0 Å². The average molecular weight is 365 g/mol. The molecular formula is C18H14Cl2O4. The molecule has 0 fully saturated rings. The van der Waals surface area contributed by atoms with Crippen LogP contribution in [-0.4, -0.2) is 13.2 Å². The second-order valence-electron chi connectivity index (χ2n) is 5.18. The molecular weight excluding hydrogens is 351 g/mol. The van der Waals surface area contributed by atoms with E-state index in [1.165, 1.54) is 6.07 Å². The van der Waals surface area contributed by atoms with Crippen molar-refractivity contribution in [1.82, 2.24) is 0 Å². The third-order valence-electron chi connectivity index (χ3n) is 3.43. The molecule has 2 aromatic carbocycles. The minimum Gasteiger partial charge on any atom is -0.490 e. The van der Waals surface area contributed by atoms with Crippen LogP contribution in [0, 0.1) is 6.92 Å². The minimum atomic E-state index is -0.403. The molecule has 0 aliphatic carbocycles. The third-order valence-corrected chi connectivity index (χ3v) is 3.97. The van der Waals surface area contributed by atoms with Gasteiger partial charge in [-0.25, -0.2) is 4.79 Å². The average Bonchev–Trinajstić information content (AvgIpc) is 2.54. The Bertz CT molecular complexity index is 917. The Morgan fingerprint density at radius 3 is 2.46 bits per heavy atom. The van der Waals surface area contributed by atoms with Crippen molar-refractivity contribution in [3.05, 3.63) is 68.5 Å². The van der Waals surface area contributed by atoms with Gasteiger partial charge in [-0.3, -0.25) is 0 Å². The molecule has 3 aromatic rings. The van der Waals surface area contributed by atoms with E-state index < -0.39 is 5.63 Å². The maximum absolute atomic E-state index is 11.5. The maximum atomic E-state index is 11.5. The first-order valence-electron chi connectivity index (χ1n) is 7.28. The summed E-state index contributed by atoms with van der Waals surface area (Å²) in [6.07, 6.45) is 0. The lowest BCUT2D eigenvalue weighted by atomic mass is 10.1. The van der Waals surface area contributed by atoms with Crippen molar-refractivity contribution in [2.75, 3.05) is 13.2 Å². The molecule has 1 aromatic heterocycles. The highest BCUT2D eigenvalue weighted by Crippen LogP contribution is 2.31. The Balaban J connectivity index is 1.67. The Morgan fingerprint density at radius 1 is 1.00 bits per heavy atom. The van der Waals surface area contributed by atoms with Gasteiger partial charge < -0.3 is 13.9 Å². The molecule has 0 bridgehead atoms. The molecule has 3 rings (SSSR count). The van der Waals surface area contributed by atoms with Crippen LogP contribution in [0.1, 0.15) is 5.56 Å². The predicted molar refractivity (Wildman–Crippen MR) is 94.7 cm³/mol. The first kappa shape index (κ1) is 16.7. The maximum Gasteiger partial charge on any atom is 0.336 e. The normalized spacial score (nSPS) is 10.8. The van der Waals surface area contributed by atoms with Gasteiger partial charge >= 0.3 is 5.63 Å². The van der Waals surface area contributed by atoms with Crippen LogP contribution in [-0.2, 0) is 0 Å². The molecule has 0 radical (unpaired) electrons. The van der Waals surface area contributed by atoms with Crippen molar-refractivity contribution in [3.63, 3.8) is 0 Å². The topological polar surface area (TPSA) is 48.7 Å². The molecule has 1 heterocycles. The molecule has 0 saturated heterocycles. The van der Waals surface area contributed by atoms with Crippen molar-refractivity contribution in [2.24, 2.45) is 0 Å². The van der Waals surface area contributed by atoms with Gasteiger partial charge in [-0.2, -0.15) is 0 Å². The van der Waals surface area contributed by atoms with Gasteiger partial charge in [0.2, 0.25) is 0 Å². The summed E-state index contributed by atoms with van der Waals surface area (Å²) in [5, 5.41) is 1.88. The van der Waals surface area contributed by atoms with E-state index in [2.05, 4.69) is 0 Å². The Labute approximate surface area is 148 Å². The van der Waals surface area contributed by atoms with Crippen molar-refractivity contribution in [2.45, 2.75) is 6.92 Å². The molecule has 0 unspecified atom stereocenters. The smallest absolute Gasteiger partial charge is 0.336 e. The number of hydrogen-bond acceptors (Lipinski definition) is 4. The van der Waals surface area contributed by atoms with E-state index in [-0.39, 0.29) is 0 Å². The summed E-state index contributed by atoms with van der Waals surface area (Å²) >= 11 is 12.0. The number of halogens is 2. The number of hydrogen-bond donors (Lipinski definition) is 0. The molecule has 0 amide bonds. The van der Waals surface area contributed by atoms with Gasteiger partial charge in [0.15, 0.2) is 0 Å². The lowest BCUT2D eigenvalue weighted by molar-refractivity contribution is 0.217.